The fourth-order valence-corrected chi connectivity index (χ4v) is 2.52. The van der Waals surface area contributed by atoms with Gasteiger partial charge in [-0.15, -0.1) is 5.10 Å². The molecule has 0 aromatic carbocycles. The lowest BCUT2D eigenvalue weighted by atomic mass is 10.4. The van der Waals surface area contributed by atoms with E-state index >= 15 is 0 Å². The SMILES string of the molecule is Cc1nc(SCCNC(=O)CN2CCCC2=O)n[nH]1. The number of likely N-dealkylation sites (tertiary alicyclic amines) is 1. The second kappa shape index (κ2) is 6.55. The van der Waals surface area contributed by atoms with E-state index < -0.39 is 0 Å². The number of thioether (sulfide) groups is 1. The maximum Gasteiger partial charge on any atom is 0.239 e. The molecule has 0 saturated carbocycles. The average molecular weight is 283 g/mol. The molecule has 2 heterocycles. The first kappa shape index (κ1) is 13.9. The number of aryl methyl sites for hydroxylation is 1. The molecular formula is C11H17N5O2S. The van der Waals surface area contributed by atoms with Crippen LogP contribution in [0.3, 0.4) is 0 Å². The van der Waals surface area contributed by atoms with E-state index in [2.05, 4.69) is 20.5 Å². The average Bonchev–Trinajstić information content (AvgIpc) is 2.95. The Morgan fingerprint density at radius 3 is 3.05 bits per heavy atom. The van der Waals surface area contributed by atoms with Crippen LogP contribution in [0.1, 0.15) is 18.7 Å². The van der Waals surface area contributed by atoms with E-state index in [0.29, 0.717) is 30.4 Å². The van der Waals surface area contributed by atoms with E-state index in [9.17, 15) is 9.59 Å². The van der Waals surface area contributed by atoms with Crippen LogP contribution < -0.4 is 5.32 Å². The molecule has 8 heteroatoms. The Hall–Kier alpha value is -1.57. The standard InChI is InChI=1S/C11H17N5O2S/c1-8-13-11(15-14-8)19-6-4-12-9(17)7-16-5-2-3-10(16)18/h2-7H2,1H3,(H,12,17)(H,13,14,15). The highest BCUT2D eigenvalue weighted by molar-refractivity contribution is 7.99. The lowest BCUT2D eigenvalue weighted by Crippen LogP contribution is -2.38. The van der Waals surface area contributed by atoms with Crippen molar-refractivity contribution in [1.29, 1.82) is 0 Å². The first-order valence-corrected chi connectivity index (χ1v) is 7.20. The molecule has 0 bridgehead atoms. The zero-order valence-corrected chi connectivity index (χ0v) is 11.6. The van der Waals surface area contributed by atoms with E-state index in [1.165, 1.54) is 11.8 Å². The van der Waals surface area contributed by atoms with Crippen LogP contribution in [0, 0.1) is 6.92 Å². The minimum Gasteiger partial charge on any atom is -0.354 e. The highest BCUT2D eigenvalue weighted by atomic mass is 32.2. The van der Waals surface area contributed by atoms with E-state index in [1.54, 1.807) is 4.90 Å². The Bertz CT molecular complexity index is 462. The molecular weight excluding hydrogens is 266 g/mol. The van der Waals surface area contributed by atoms with Gasteiger partial charge in [0, 0.05) is 25.3 Å². The van der Waals surface area contributed by atoms with Gasteiger partial charge in [0.05, 0.1) is 6.54 Å². The summed E-state index contributed by atoms with van der Waals surface area (Å²) in [5.41, 5.74) is 0. The minimum atomic E-state index is -0.109. The predicted molar refractivity (Wildman–Crippen MR) is 70.7 cm³/mol. The van der Waals surface area contributed by atoms with Gasteiger partial charge in [-0.2, -0.15) is 0 Å². The topological polar surface area (TPSA) is 91.0 Å². The molecule has 0 unspecified atom stereocenters. The van der Waals surface area contributed by atoms with Crippen molar-refractivity contribution in [3.05, 3.63) is 5.82 Å². The highest BCUT2D eigenvalue weighted by Crippen LogP contribution is 2.11. The molecule has 1 aliphatic rings. The van der Waals surface area contributed by atoms with Gasteiger partial charge >= 0.3 is 0 Å². The highest BCUT2D eigenvalue weighted by Gasteiger charge is 2.21. The Morgan fingerprint density at radius 1 is 1.58 bits per heavy atom. The lowest BCUT2D eigenvalue weighted by molar-refractivity contribution is -0.133. The third-order valence-corrected chi connectivity index (χ3v) is 3.59. The van der Waals surface area contributed by atoms with E-state index in [0.717, 1.165) is 12.2 Å². The van der Waals surface area contributed by atoms with Gasteiger partial charge in [-0.3, -0.25) is 14.7 Å². The first-order chi connectivity index (χ1) is 9.15. The first-order valence-electron chi connectivity index (χ1n) is 6.21. The quantitative estimate of drug-likeness (QED) is 0.564. The van der Waals surface area contributed by atoms with Gasteiger partial charge in [-0.25, -0.2) is 4.98 Å². The van der Waals surface area contributed by atoms with Gasteiger partial charge in [-0.05, 0) is 13.3 Å². The molecule has 0 atom stereocenters. The molecule has 7 nitrogen and oxygen atoms in total. The fraction of sp³-hybridized carbons (Fsp3) is 0.636. The molecule has 1 aromatic rings. The van der Waals surface area contributed by atoms with Crippen LogP contribution in [0.2, 0.25) is 0 Å². The molecule has 1 aliphatic heterocycles. The normalized spacial score (nSPS) is 15.0. The second-order valence-electron chi connectivity index (χ2n) is 4.32. The van der Waals surface area contributed by atoms with Gasteiger partial charge in [0.25, 0.3) is 0 Å². The number of hydrogen-bond donors (Lipinski definition) is 2. The number of nitrogens with one attached hydrogen (secondary N) is 2. The largest absolute Gasteiger partial charge is 0.354 e. The van der Waals surface area contributed by atoms with Crippen molar-refractivity contribution in [2.75, 3.05) is 25.4 Å². The Balaban J connectivity index is 1.60. The van der Waals surface area contributed by atoms with Crippen molar-refractivity contribution in [2.24, 2.45) is 0 Å². The van der Waals surface area contributed by atoms with Crippen LogP contribution in [0.25, 0.3) is 0 Å². The smallest absolute Gasteiger partial charge is 0.239 e. The molecule has 2 N–H and O–H groups in total. The third-order valence-electron chi connectivity index (χ3n) is 2.74. The summed E-state index contributed by atoms with van der Waals surface area (Å²) < 4.78 is 0. The summed E-state index contributed by atoms with van der Waals surface area (Å²) in [6, 6.07) is 0. The Labute approximate surface area is 115 Å². The summed E-state index contributed by atoms with van der Waals surface area (Å²) in [6.07, 6.45) is 1.42. The van der Waals surface area contributed by atoms with Gasteiger partial charge in [0.1, 0.15) is 5.82 Å². The van der Waals surface area contributed by atoms with Gasteiger partial charge in [-0.1, -0.05) is 11.8 Å². The monoisotopic (exact) mass is 283 g/mol. The van der Waals surface area contributed by atoms with Crippen molar-refractivity contribution in [3.63, 3.8) is 0 Å². The van der Waals surface area contributed by atoms with Crippen LogP contribution >= 0.6 is 11.8 Å². The molecule has 2 amide bonds. The molecule has 0 radical (unpaired) electrons. The van der Waals surface area contributed by atoms with Crippen molar-refractivity contribution in [2.45, 2.75) is 24.9 Å². The number of carbonyl (C=O) groups is 2. The number of carbonyl (C=O) groups excluding carboxylic acids is 2. The number of aromatic amines is 1. The fourth-order valence-electron chi connectivity index (χ4n) is 1.82. The zero-order valence-electron chi connectivity index (χ0n) is 10.8. The van der Waals surface area contributed by atoms with Crippen LogP contribution in [-0.2, 0) is 9.59 Å². The molecule has 1 fully saturated rings. The van der Waals surface area contributed by atoms with Crippen LogP contribution in [0.4, 0.5) is 0 Å². The van der Waals surface area contributed by atoms with E-state index in [1.807, 2.05) is 6.92 Å². The summed E-state index contributed by atoms with van der Waals surface area (Å²) in [4.78, 5) is 28.7. The molecule has 0 spiro atoms. The van der Waals surface area contributed by atoms with Gasteiger partial charge in [0.2, 0.25) is 17.0 Å². The van der Waals surface area contributed by atoms with Crippen LogP contribution in [-0.4, -0.2) is 57.3 Å². The number of H-pyrrole nitrogens is 1. The Morgan fingerprint density at radius 2 is 2.42 bits per heavy atom. The lowest BCUT2D eigenvalue weighted by Gasteiger charge is -2.14. The summed E-state index contributed by atoms with van der Waals surface area (Å²) in [6.45, 7) is 3.24. The maximum atomic E-state index is 11.6. The third kappa shape index (κ3) is 4.23. The number of rotatable bonds is 6. The second-order valence-corrected chi connectivity index (χ2v) is 5.38. The number of hydrogen-bond acceptors (Lipinski definition) is 5. The van der Waals surface area contributed by atoms with Gasteiger partial charge < -0.3 is 10.2 Å². The summed E-state index contributed by atoms with van der Waals surface area (Å²) in [5, 5.41) is 10.2. The van der Waals surface area contributed by atoms with E-state index in [4.69, 9.17) is 0 Å². The van der Waals surface area contributed by atoms with Crippen molar-refractivity contribution in [1.82, 2.24) is 25.4 Å². The van der Waals surface area contributed by atoms with Crippen LogP contribution in [0.15, 0.2) is 5.16 Å². The Kier molecular flexibility index (Phi) is 4.78. The van der Waals surface area contributed by atoms with Gasteiger partial charge in [0.15, 0.2) is 0 Å². The molecule has 0 aliphatic carbocycles. The summed E-state index contributed by atoms with van der Waals surface area (Å²) in [5.74, 6) is 1.44. The molecule has 1 aromatic heterocycles. The number of amides is 2. The van der Waals surface area contributed by atoms with E-state index in [-0.39, 0.29) is 18.4 Å². The zero-order chi connectivity index (χ0) is 13.7. The summed E-state index contributed by atoms with van der Waals surface area (Å²) >= 11 is 1.48. The van der Waals surface area contributed by atoms with Crippen molar-refractivity contribution < 1.29 is 9.59 Å². The number of aromatic nitrogens is 3. The van der Waals surface area contributed by atoms with Crippen molar-refractivity contribution >= 4 is 23.6 Å². The minimum absolute atomic E-state index is 0.0701. The molecule has 104 valence electrons. The van der Waals surface area contributed by atoms with Crippen molar-refractivity contribution in [3.8, 4) is 0 Å². The maximum absolute atomic E-state index is 11.6. The predicted octanol–water partition coefficient (Wildman–Crippen LogP) is -0.0562. The molecule has 2 rings (SSSR count). The summed E-state index contributed by atoms with van der Waals surface area (Å²) in [7, 11) is 0. The molecule has 1 saturated heterocycles. The van der Waals surface area contributed by atoms with Crippen LogP contribution in [0.5, 0.6) is 0 Å². The molecule has 19 heavy (non-hydrogen) atoms. The number of nitrogens with zero attached hydrogens (tertiary/aromatic N) is 3.